The van der Waals surface area contributed by atoms with Crippen LogP contribution in [0.25, 0.3) is 22.4 Å². The Kier molecular flexibility index (Phi) is 2.69. The number of benzene rings is 2. The third kappa shape index (κ3) is 1.93. The van der Waals surface area contributed by atoms with Crippen molar-refractivity contribution in [1.82, 2.24) is 9.78 Å². The van der Waals surface area contributed by atoms with Gasteiger partial charge >= 0.3 is 0 Å². The fraction of sp³-hybridized carbons (Fsp3) is 0.0625. The van der Waals surface area contributed by atoms with Crippen LogP contribution in [0.3, 0.4) is 0 Å². The van der Waals surface area contributed by atoms with Gasteiger partial charge in [0.1, 0.15) is 5.69 Å². The first-order valence-corrected chi connectivity index (χ1v) is 5.99. The lowest BCUT2D eigenvalue weighted by Gasteiger charge is -2.02. The monoisotopic (exact) mass is 234 g/mol. The minimum absolute atomic E-state index is 1.03. The second-order valence-electron chi connectivity index (χ2n) is 4.30. The van der Waals surface area contributed by atoms with Crippen molar-refractivity contribution in [3.8, 4) is 22.4 Å². The Labute approximate surface area is 107 Å². The maximum Gasteiger partial charge on any atom is 0.100 e. The van der Waals surface area contributed by atoms with Gasteiger partial charge in [-0.3, -0.25) is 4.68 Å². The first kappa shape index (κ1) is 10.8. The highest BCUT2D eigenvalue weighted by Crippen LogP contribution is 2.30. The van der Waals surface area contributed by atoms with Gasteiger partial charge < -0.3 is 0 Å². The zero-order chi connectivity index (χ0) is 12.4. The first-order valence-electron chi connectivity index (χ1n) is 5.99. The maximum atomic E-state index is 4.57. The number of rotatable bonds is 2. The van der Waals surface area contributed by atoms with Crippen molar-refractivity contribution >= 4 is 0 Å². The Morgan fingerprint density at radius 1 is 0.778 bits per heavy atom. The average molecular weight is 234 g/mol. The van der Waals surface area contributed by atoms with Gasteiger partial charge in [0.05, 0.1) is 0 Å². The standard InChI is InChI=1S/C16H14N2/c1-18-12-15(13-8-4-2-5-9-13)16(17-18)14-10-6-3-7-11-14/h2-12H,1H3. The molecule has 1 aromatic heterocycles. The van der Waals surface area contributed by atoms with E-state index in [2.05, 4.69) is 47.7 Å². The van der Waals surface area contributed by atoms with Crippen LogP contribution in [0, 0.1) is 0 Å². The van der Waals surface area contributed by atoms with Crippen LogP contribution in [0.1, 0.15) is 0 Å². The largest absolute Gasteiger partial charge is 0.275 e. The molecule has 0 bridgehead atoms. The van der Waals surface area contributed by atoms with E-state index in [9.17, 15) is 0 Å². The van der Waals surface area contributed by atoms with E-state index in [0.717, 1.165) is 11.3 Å². The van der Waals surface area contributed by atoms with E-state index in [-0.39, 0.29) is 0 Å². The van der Waals surface area contributed by atoms with Crippen LogP contribution in [0.2, 0.25) is 0 Å². The molecule has 0 saturated heterocycles. The second-order valence-corrected chi connectivity index (χ2v) is 4.30. The molecule has 0 fully saturated rings. The van der Waals surface area contributed by atoms with Gasteiger partial charge in [0, 0.05) is 24.4 Å². The van der Waals surface area contributed by atoms with Crippen LogP contribution >= 0.6 is 0 Å². The smallest absolute Gasteiger partial charge is 0.100 e. The molecule has 2 nitrogen and oxygen atoms in total. The van der Waals surface area contributed by atoms with Crippen LogP contribution in [0.4, 0.5) is 0 Å². The summed E-state index contributed by atoms with van der Waals surface area (Å²) in [4.78, 5) is 0. The summed E-state index contributed by atoms with van der Waals surface area (Å²) in [7, 11) is 1.96. The molecule has 1 heterocycles. The van der Waals surface area contributed by atoms with Crippen molar-refractivity contribution in [3.05, 3.63) is 66.9 Å². The summed E-state index contributed by atoms with van der Waals surface area (Å²) >= 11 is 0. The summed E-state index contributed by atoms with van der Waals surface area (Å²) in [5.74, 6) is 0. The molecule has 18 heavy (non-hydrogen) atoms. The molecule has 0 aliphatic heterocycles. The number of hydrogen-bond donors (Lipinski definition) is 0. The van der Waals surface area contributed by atoms with Crippen LogP contribution < -0.4 is 0 Å². The Bertz CT molecular complexity index is 582. The van der Waals surface area contributed by atoms with Gasteiger partial charge in [-0.1, -0.05) is 60.7 Å². The molecule has 0 radical (unpaired) electrons. The summed E-state index contributed by atoms with van der Waals surface area (Å²) < 4.78 is 1.87. The highest BCUT2D eigenvalue weighted by Gasteiger charge is 2.10. The zero-order valence-electron chi connectivity index (χ0n) is 10.2. The van der Waals surface area contributed by atoms with E-state index in [1.807, 2.05) is 36.0 Å². The predicted molar refractivity (Wildman–Crippen MR) is 74.1 cm³/mol. The van der Waals surface area contributed by atoms with Gasteiger partial charge in [-0.25, -0.2) is 0 Å². The Morgan fingerprint density at radius 2 is 1.33 bits per heavy atom. The van der Waals surface area contributed by atoms with E-state index >= 15 is 0 Å². The van der Waals surface area contributed by atoms with Gasteiger partial charge in [0.15, 0.2) is 0 Å². The lowest BCUT2D eigenvalue weighted by molar-refractivity contribution is 0.771. The molecule has 0 saturated carbocycles. The molecule has 2 aromatic carbocycles. The van der Waals surface area contributed by atoms with Crippen molar-refractivity contribution in [2.45, 2.75) is 0 Å². The average Bonchev–Trinajstić information content (AvgIpc) is 2.83. The molecule has 3 aromatic rings. The quantitative estimate of drug-likeness (QED) is 0.660. The van der Waals surface area contributed by atoms with Gasteiger partial charge in [-0.05, 0) is 5.56 Å². The summed E-state index contributed by atoms with van der Waals surface area (Å²) in [6.45, 7) is 0. The zero-order valence-corrected chi connectivity index (χ0v) is 10.2. The topological polar surface area (TPSA) is 17.8 Å². The fourth-order valence-electron chi connectivity index (χ4n) is 2.13. The van der Waals surface area contributed by atoms with Crippen molar-refractivity contribution in [2.24, 2.45) is 7.05 Å². The molecule has 3 rings (SSSR count). The van der Waals surface area contributed by atoms with Crippen LogP contribution in [0.15, 0.2) is 66.9 Å². The third-order valence-electron chi connectivity index (χ3n) is 2.96. The number of aryl methyl sites for hydroxylation is 1. The maximum absolute atomic E-state index is 4.57. The SMILES string of the molecule is Cn1cc(-c2ccccc2)c(-c2ccccc2)n1. The molecule has 0 aliphatic carbocycles. The van der Waals surface area contributed by atoms with Crippen LogP contribution in [0.5, 0.6) is 0 Å². The second kappa shape index (κ2) is 4.49. The van der Waals surface area contributed by atoms with Crippen molar-refractivity contribution < 1.29 is 0 Å². The van der Waals surface area contributed by atoms with Crippen molar-refractivity contribution in [2.75, 3.05) is 0 Å². The summed E-state index contributed by atoms with van der Waals surface area (Å²) in [5, 5.41) is 4.57. The Balaban J connectivity index is 2.17. The highest BCUT2D eigenvalue weighted by molar-refractivity contribution is 5.80. The normalized spacial score (nSPS) is 10.5. The molecular formula is C16H14N2. The highest BCUT2D eigenvalue weighted by atomic mass is 15.2. The lowest BCUT2D eigenvalue weighted by atomic mass is 10.0. The lowest BCUT2D eigenvalue weighted by Crippen LogP contribution is -1.87. The van der Waals surface area contributed by atoms with E-state index in [1.54, 1.807) is 0 Å². The van der Waals surface area contributed by atoms with Crippen molar-refractivity contribution in [3.63, 3.8) is 0 Å². The van der Waals surface area contributed by atoms with Gasteiger partial charge in [-0.15, -0.1) is 0 Å². The summed E-state index contributed by atoms with van der Waals surface area (Å²) in [6.07, 6.45) is 2.07. The number of nitrogens with zero attached hydrogens (tertiary/aromatic N) is 2. The third-order valence-corrected chi connectivity index (χ3v) is 2.96. The number of aromatic nitrogens is 2. The van der Waals surface area contributed by atoms with Gasteiger partial charge in [0.25, 0.3) is 0 Å². The Morgan fingerprint density at radius 3 is 1.94 bits per heavy atom. The van der Waals surface area contributed by atoms with E-state index in [4.69, 9.17) is 0 Å². The molecule has 88 valence electrons. The van der Waals surface area contributed by atoms with E-state index in [1.165, 1.54) is 11.1 Å². The first-order chi connectivity index (χ1) is 8.84. The molecular weight excluding hydrogens is 220 g/mol. The number of hydrogen-bond acceptors (Lipinski definition) is 1. The van der Waals surface area contributed by atoms with Gasteiger partial charge in [0.2, 0.25) is 0 Å². The summed E-state index contributed by atoms with van der Waals surface area (Å²) in [6, 6.07) is 20.7. The Hall–Kier alpha value is -2.35. The van der Waals surface area contributed by atoms with Gasteiger partial charge in [-0.2, -0.15) is 5.10 Å². The molecule has 2 heteroatoms. The fourth-order valence-corrected chi connectivity index (χ4v) is 2.13. The van der Waals surface area contributed by atoms with Crippen molar-refractivity contribution in [1.29, 1.82) is 0 Å². The molecule has 0 aliphatic rings. The van der Waals surface area contributed by atoms with E-state index < -0.39 is 0 Å². The molecule has 0 spiro atoms. The summed E-state index contributed by atoms with van der Waals surface area (Å²) in [5.41, 5.74) is 4.55. The molecule has 0 unspecified atom stereocenters. The predicted octanol–water partition coefficient (Wildman–Crippen LogP) is 3.75. The van der Waals surface area contributed by atoms with E-state index in [0.29, 0.717) is 0 Å². The minimum atomic E-state index is 1.03. The van der Waals surface area contributed by atoms with Crippen LogP contribution in [-0.2, 0) is 7.05 Å². The molecule has 0 N–H and O–H groups in total. The molecule has 0 amide bonds. The minimum Gasteiger partial charge on any atom is -0.275 e. The van der Waals surface area contributed by atoms with Crippen LogP contribution in [-0.4, -0.2) is 9.78 Å². The molecule has 0 atom stereocenters.